The first-order chi connectivity index (χ1) is 14.9. The summed E-state index contributed by atoms with van der Waals surface area (Å²) in [5.41, 5.74) is 1.68. The first-order valence-corrected chi connectivity index (χ1v) is 10.4. The topological polar surface area (TPSA) is 62.1 Å². The van der Waals surface area contributed by atoms with Gasteiger partial charge >= 0.3 is 0 Å². The van der Waals surface area contributed by atoms with Crippen molar-refractivity contribution in [3.63, 3.8) is 0 Å². The van der Waals surface area contributed by atoms with Crippen LogP contribution in [0.1, 0.15) is 11.1 Å². The van der Waals surface area contributed by atoms with E-state index in [0.29, 0.717) is 28.0 Å². The molecule has 156 valence electrons. The van der Waals surface area contributed by atoms with Crippen LogP contribution < -0.4 is 10.1 Å². The summed E-state index contributed by atoms with van der Waals surface area (Å²) in [5.74, 6) is 0.00599. The van der Waals surface area contributed by atoms with Crippen LogP contribution in [0.25, 0.3) is 6.08 Å². The predicted molar refractivity (Wildman–Crippen MR) is 126 cm³/mol. The highest BCUT2D eigenvalue weighted by atomic mass is 35.5. The van der Waals surface area contributed by atoms with E-state index in [-0.39, 0.29) is 21.3 Å². The number of carbonyl (C=O) groups excluding carboxylic acids is 1. The quantitative estimate of drug-likeness (QED) is 0.288. The van der Waals surface area contributed by atoms with E-state index < -0.39 is 5.91 Å². The molecule has 3 aromatic rings. The van der Waals surface area contributed by atoms with E-state index in [1.807, 2.05) is 12.1 Å². The molecule has 1 N–H and O–H groups in total. The molecule has 0 aliphatic rings. The highest BCUT2D eigenvalue weighted by Gasteiger charge is 2.14. The van der Waals surface area contributed by atoms with Crippen molar-refractivity contribution < 1.29 is 9.53 Å². The molecule has 0 radical (unpaired) electrons. The fraction of sp³-hybridized carbons (Fsp3) is 0.0435. The molecule has 0 bridgehead atoms. The number of anilines is 1. The third-order valence-corrected chi connectivity index (χ3v) is 5.52. The van der Waals surface area contributed by atoms with E-state index in [9.17, 15) is 10.1 Å². The minimum absolute atomic E-state index is 0.0968. The Morgan fingerprint density at radius 3 is 2.23 bits per heavy atom. The van der Waals surface area contributed by atoms with Gasteiger partial charge in [-0.3, -0.25) is 4.79 Å². The van der Waals surface area contributed by atoms with Gasteiger partial charge in [-0.15, -0.1) is 0 Å². The summed E-state index contributed by atoms with van der Waals surface area (Å²) < 4.78 is 5.73. The number of rotatable bonds is 6. The molecule has 3 aromatic carbocycles. The second-order valence-corrected chi connectivity index (χ2v) is 7.96. The monoisotopic (exact) mass is 490 g/mol. The fourth-order valence-corrected chi connectivity index (χ4v) is 3.38. The van der Waals surface area contributed by atoms with Crippen molar-refractivity contribution in [2.24, 2.45) is 0 Å². The van der Waals surface area contributed by atoms with E-state index in [1.165, 1.54) is 6.08 Å². The number of nitriles is 1. The molecule has 0 spiro atoms. The van der Waals surface area contributed by atoms with Gasteiger partial charge in [0.25, 0.3) is 5.91 Å². The molecule has 0 unspecified atom stereocenters. The Labute approximate surface area is 199 Å². The first kappa shape index (κ1) is 23.0. The summed E-state index contributed by atoms with van der Waals surface area (Å²) in [6.07, 6.45) is 1.46. The van der Waals surface area contributed by atoms with Gasteiger partial charge in [-0.05, 0) is 53.6 Å². The highest BCUT2D eigenvalue weighted by Crippen LogP contribution is 2.30. The molecule has 8 heteroatoms. The molecule has 0 atom stereocenters. The number of hydrogen-bond acceptors (Lipinski definition) is 3. The summed E-state index contributed by atoms with van der Waals surface area (Å²) in [4.78, 5) is 12.5. The van der Waals surface area contributed by atoms with Crippen LogP contribution in [-0.4, -0.2) is 5.91 Å². The Bertz CT molecular complexity index is 1160. The molecule has 0 heterocycles. The van der Waals surface area contributed by atoms with E-state index in [1.54, 1.807) is 54.6 Å². The number of para-hydroxylation sites is 1. The van der Waals surface area contributed by atoms with E-state index in [4.69, 9.17) is 51.1 Å². The fourth-order valence-electron chi connectivity index (χ4n) is 2.57. The Hall–Kier alpha value is -2.68. The van der Waals surface area contributed by atoms with Crippen molar-refractivity contribution in [1.29, 1.82) is 5.26 Å². The maximum atomic E-state index is 12.5. The lowest BCUT2D eigenvalue weighted by atomic mass is 10.1. The molecule has 4 nitrogen and oxygen atoms in total. The zero-order valence-corrected chi connectivity index (χ0v) is 18.9. The van der Waals surface area contributed by atoms with Crippen LogP contribution in [0.5, 0.6) is 5.75 Å². The SMILES string of the molecule is N#C/C(=C\c1ccc(OCc2ccc(Cl)c(Cl)c2)cc1)C(=O)Nc1c(Cl)cccc1Cl. The Morgan fingerprint density at radius 2 is 1.61 bits per heavy atom. The van der Waals surface area contributed by atoms with E-state index >= 15 is 0 Å². The number of benzene rings is 3. The average Bonchev–Trinajstić information content (AvgIpc) is 2.76. The zero-order valence-electron chi connectivity index (χ0n) is 15.8. The van der Waals surface area contributed by atoms with Gasteiger partial charge in [0.05, 0.1) is 25.8 Å². The van der Waals surface area contributed by atoms with Crippen molar-refractivity contribution in [2.75, 3.05) is 5.32 Å². The van der Waals surface area contributed by atoms with Crippen LogP contribution in [0.15, 0.2) is 66.2 Å². The smallest absolute Gasteiger partial charge is 0.266 e. The summed E-state index contributed by atoms with van der Waals surface area (Å²) in [7, 11) is 0. The number of hydrogen-bond donors (Lipinski definition) is 1. The van der Waals surface area contributed by atoms with Gasteiger partial charge in [0.2, 0.25) is 0 Å². The molecule has 0 fully saturated rings. The van der Waals surface area contributed by atoms with E-state index in [2.05, 4.69) is 5.32 Å². The van der Waals surface area contributed by atoms with Gasteiger partial charge in [-0.25, -0.2) is 0 Å². The van der Waals surface area contributed by atoms with Gasteiger partial charge in [0.15, 0.2) is 0 Å². The summed E-state index contributed by atoms with van der Waals surface area (Å²) in [6, 6.07) is 19.0. The van der Waals surface area contributed by atoms with Crippen molar-refractivity contribution in [3.05, 3.63) is 97.5 Å². The minimum atomic E-state index is -0.613. The summed E-state index contributed by atoms with van der Waals surface area (Å²) in [5, 5.41) is 13.5. The highest BCUT2D eigenvalue weighted by molar-refractivity contribution is 6.42. The second kappa shape index (κ2) is 10.6. The van der Waals surface area contributed by atoms with Crippen LogP contribution in [0.3, 0.4) is 0 Å². The van der Waals surface area contributed by atoms with Crippen LogP contribution in [0, 0.1) is 11.3 Å². The summed E-state index contributed by atoms with van der Waals surface area (Å²) in [6.45, 7) is 0.316. The van der Waals surface area contributed by atoms with Crippen molar-refractivity contribution in [3.8, 4) is 11.8 Å². The van der Waals surface area contributed by atoms with Crippen LogP contribution in [0.4, 0.5) is 5.69 Å². The number of carbonyl (C=O) groups is 1. The Balaban J connectivity index is 1.68. The maximum Gasteiger partial charge on any atom is 0.266 e. The molecule has 3 rings (SSSR count). The number of nitrogens with one attached hydrogen (secondary N) is 1. The predicted octanol–water partition coefficient (Wildman–Crippen LogP) is 7.42. The largest absolute Gasteiger partial charge is 0.489 e. The van der Waals surface area contributed by atoms with Gasteiger partial charge in [0.1, 0.15) is 24.0 Å². The zero-order chi connectivity index (χ0) is 22.4. The van der Waals surface area contributed by atoms with Crippen molar-refractivity contribution in [2.45, 2.75) is 6.61 Å². The van der Waals surface area contributed by atoms with Gasteiger partial charge in [-0.2, -0.15) is 5.26 Å². The van der Waals surface area contributed by atoms with Crippen LogP contribution in [-0.2, 0) is 11.4 Å². The molecular formula is C23H14Cl4N2O2. The third-order valence-electron chi connectivity index (χ3n) is 4.15. The Kier molecular flexibility index (Phi) is 7.84. The lowest BCUT2D eigenvalue weighted by Gasteiger charge is -2.09. The Morgan fingerprint density at radius 1 is 0.935 bits per heavy atom. The molecule has 31 heavy (non-hydrogen) atoms. The van der Waals surface area contributed by atoms with Crippen LogP contribution >= 0.6 is 46.4 Å². The number of ether oxygens (including phenoxy) is 1. The molecule has 1 amide bonds. The van der Waals surface area contributed by atoms with Crippen molar-refractivity contribution in [1.82, 2.24) is 0 Å². The lowest BCUT2D eigenvalue weighted by molar-refractivity contribution is -0.112. The van der Waals surface area contributed by atoms with Gasteiger partial charge < -0.3 is 10.1 Å². The molecule has 0 saturated heterocycles. The third kappa shape index (κ3) is 6.16. The average molecular weight is 492 g/mol. The minimum Gasteiger partial charge on any atom is -0.489 e. The number of halogens is 4. The normalized spacial score (nSPS) is 11.0. The maximum absolute atomic E-state index is 12.5. The molecule has 0 saturated carbocycles. The van der Waals surface area contributed by atoms with Crippen molar-refractivity contribution >= 4 is 64.1 Å². The van der Waals surface area contributed by atoms with Gasteiger partial charge in [0, 0.05) is 0 Å². The standard InChI is InChI=1S/C23H14Cl4N2O2/c24-18-9-6-15(11-21(18)27)13-31-17-7-4-14(5-8-17)10-16(12-28)23(30)29-22-19(25)2-1-3-20(22)26/h1-11H,13H2,(H,29,30)/b16-10+. The number of amides is 1. The summed E-state index contributed by atoms with van der Waals surface area (Å²) >= 11 is 24.0. The lowest BCUT2D eigenvalue weighted by Crippen LogP contribution is -2.14. The van der Waals surface area contributed by atoms with E-state index in [0.717, 1.165) is 5.56 Å². The first-order valence-electron chi connectivity index (χ1n) is 8.91. The van der Waals surface area contributed by atoms with Gasteiger partial charge in [-0.1, -0.05) is 70.7 Å². The number of nitrogens with zero attached hydrogens (tertiary/aromatic N) is 1. The molecule has 0 aromatic heterocycles. The van der Waals surface area contributed by atoms with Crippen LogP contribution in [0.2, 0.25) is 20.1 Å². The molecule has 0 aliphatic heterocycles. The second-order valence-electron chi connectivity index (χ2n) is 6.33. The molecule has 0 aliphatic carbocycles. The molecular weight excluding hydrogens is 478 g/mol.